The lowest BCUT2D eigenvalue weighted by atomic mass is 10.2. The monoisotopic (exact) mass is 242 g/mol. The minimum atomic E-state index is -0.344. The van der Waals surface area contributed by atoms with Crippen molar-refractivity contribution in [3.63, 3.8) is 0 Å². The van der Waals surface area contributed by atoms with Crippen LogP contribution in [0.25, 0.3) is 10.9 Å². The maximum absolute atomic E-state index is 13.1. The minimum absolute atomic E-state index is 0.344. The summed E-state index contributed by atoms with van der Waals surface area (Å²) < 4.78 is 14.8. The van der Waals surface area contributed by atoms with Gasteiger partial charge in [0.25, 0.3) is 0 Å². The SMILES string of the molecule is Nc1ccc2cnn(Cc3cncc(F)c3)c2c1. The highest BCUT2D eigenvalue weighted by molar-refractivity contribution is 5.81. The molecule has 0 aliphatic rings. The summed E-state index contributed by atoms with van der Waals surface area (Å²) in [4.78, 5) is 3.82. The third-order valence-corrected chi connectivity index (χ3v) is 2.76. The Morgan fingerprint density at radius 1 is 1.17 bits per heavy atom. The molecule has 0 unspecified atom stereocenters. The van der Waals surface area contributed by atoms with E-state index in [4.69, 9.17) is 5.73 Å². The van der Waals surface area contributed by atoms with Gasteiger partial charge < -0.3 is 5.73 Å². The Labute approximate surface area is 103 Å². The van der Waals surface area contributed by atoms with E-state index < -0.39 is 0 Å². The molecule has 0 amide bonds. The second-order valence-corrected chi connectivity index (χ2v) is 4.13. The molecule has 90 valence electrons. The van der Waals surface area contributed by atoms with E-state index in [1.807, 2.05) is 18.2 Å². The topological polar surface area (TPSA) is 56.7 Å². The van der Waals surface area contributed by atoms with Gasteiger partial charge in [0.2, 0.25) is 0 Å². The highest BCUT2D eigenvalue weighted by atomic mass is 19.1. The zero-order chi connectivity index (χ0) is 12.5. The van der Waals surface area contributed by atoms with Gasteiger partial charge in [-0.1, -0.05) is 0 Å². The molecule has 0 fully saturated rings. The van der Waals surface area contributed by atoms with Crippen molar-refractivity contribution >= 4 is 16.6 Å². The molecule has 0 radical (unpaired) electrons. The lowest BCUT2D eigenvalue weighted by Gasteiger charge is -2.04. The number of anilines is 1. The Morgan fingerprint density at radius 2 is 2.06 bits per heavy atom. The van der Waals surface area contributed by atoms with E-state index in [9.17, 15) is 4.39 Å². The molecule has 3 rings (SSSR count). The number of hydrogen-bond donors (Lipinski definition) is 1. The Bertz CT molecular complexity index is 705. The average Bonchev–Trinajstić information content (AvgIpc) is 2.72. The molecule has 0 aliphatic carbocycles. The van der Waals surface area contributed by atoms with E-state index in [2.05, 4.69) is 10.1 Å². The zero-order valence-corrected chi connectivity index (χ0v) is 9.55. The summed E-state index contributed by atoms with van der Waals surface area (Å²) in [5, 5.41) is 5.28. The van der Waals surface area contributed by atoms with Crippen molar-refractivity contribution in [1.29, 1.82) is 0 Å². The van der Waals surface area contributed by atoms with Gasteiger partial charge in [-0.25, -0.2) is 4.39 Å². The first-order valence-corrected chi connectivity index (χ1v) is 5.53. The van der Waals surface area contributed by atoms with Crippen molar-refractivity contribution in [1.82, 2.24) is 14.8 Å². The molecule has 3 aromatic rings. The summed E-state index contributed by atoms with van der Waals surface area (Å²) in [6, 6.07) is 7.05. The third-order valence-electron chi connectivity index (χ3n) is 2.76. The number of nitrogens with two attached hydrogens (primary N) is 1. The van der Waals surface area contributed by atoms with Crippen LogP contribution in [-0.4, -0.2) is 14.8 Å². The van der Waals surface area contributed by atoms with Gasteiger partial charge in [0.05, 0.1) is 24.5 Å². The van der Waals surface area contributed by atoms with Crippen LogP contribution < -0.4 is 5.73 Å². The normalized spacial score (nSPS) is 10.9. The van der Waals surface area contributed by atoms with Gasteiger partial charge in [0.15, 0.2) is 0 Å². The maximum atomic E-state index is 13.1. The highest BCUT2D eigenvalue weighted by Crippen LogP contribution is 2.18. The van der Waals surface area contributed by atoms with Gasteiger partial charge in [-0.15, -0.1) is 0 Å². The molecular formula is C13H11FN4. The second-order valence-electron chi connectivity index (χ2n) is 4.13. The number of halogens is 1. The van der Waals surface area contributed by atoms with Crippen LogP contribution in [0.5, 0.6) is 0 Å². The van der Waals surface area contributed by atoms with Gasteiger partial charge in [-0.05, 0) is 29.8 Å². The molecule has 18 heavy (non-hydrogen) atoms. The Morgan fingerprint density at radius 3 is 2.89 bits per heavy atom. The maximum Gasteiger partial charge on any atom is 0.141 e. The molecular weight excluding hydrogens is 231 g/mol. The average molecular weight is 242 g/mol. The number of nitrogen functional groups attached to an aromatic ring is 1. The van der Waals surface area contributed by atoms with Crippen LogP contribution in [0.1, 0.15) is 5.56 Å². The van der Waals surface area contributed by atoms with Crippen molar-refractivity contribution in [3.8, 4) is 0 Å². The smallest absolute Gasteiger partial charge is 0.141 e. The Balaban J connectivity index is 2.02. The first-order chi connectivity index (χ1) is 8.72. The number of fused-ring (bicyclic) bond motifs is 1. The number of benzene rings is 1. The van der Waals surface area contributed by atoms with Crippen molar-refractivity contribution in [3.05, 3.63) is 54.2 Å². The van der Waals surface area contributed by atoms with Crippen molar-refractivity contribution in [2.75, 3.05) is 5.73 Å². The summed E-state index contributed by atoms with van der Waals surface area (Å²) in [5.74, 6) is -0.344. The largest absolute Gasteiger partial charge is 0.399 e. The first kappa shape index (κ1) is 10.7. The fraction of sp³-hybridized carbons (Fsp3) is 0.0769. The second kappa shape index (κ2) is 4.10. The first-order valence-electron chi connectivity index (χ1n) is 5.53. The highest BCUT2D eigenvalue weighted by Gasteiger charge is 2.04. The Hall–Kier alpha value is -2.43. The van der Waals surface area contributed by atoms with Crippen LogP contribution in [0.15, 0.2) is 42.9 Å². The number of nitrogens with zero attached hydrogens (tertiary/aromatic N) is 3. The molecule has 0 saturated heterocycles. The van der Waals surface area contributed by atoms with Gasteiger partial charge in [0, 0.05) is 17.3 Å². The lowest BCUT2D eigenvalue weighted by Crippen LogP contribution is -2.02. The van der Waals surface area contributed by atoms with Crippen LogP contribution >= 0.6 is 0 Å². The zero-order valence-electron chi connectivity index (χ0n) is 9.55. The molecule has 2 N–H and O–H groups in total. The summed E-state index contributed by atoms with van der Waals surface area (Å²) >= 11 is 0. The standard InChI is InChI=1S/C13H11FN4/c14-11-3-9(5-16-7-11)8-18-13-4-12(15)2-1-10(13)6-17-18/h1-7H,8,15H2. The fourth-order valence-corrected chi connectivity index (χ4v) is 1.93. The summed E-state index contributed by atoms with van der Waals surface area (Å²) in [5.41, 5.74) is 8.13. The van der Waals surface area contributed by atoms with Gasteiger partial charge in [-0.3, -0.25) is 9.67 Å². The summed E-state index contributed by atoms with van der Waals surface area (Å²) in [6.07, 6.45) is 4.58. The van der Waals surface area contributed by atoms with E-state index in [1.165, 1.54) is 12.3 Å². The number of hydrogen-bond acceptors (Lipinski definition) is 3. The van der Waals surface area contributed by atoms with E-state index in [-0.39, 0.29) is 5.82 Å². The third kappa shape index (κ3) is 1.90. The molecule has 2 aromatic heterocycles. The van der Waals surface area contributed by atoms with Gasteiger partial charge >= 0.3 is 0 Å². The lowest BCUT2D eigenvalue weighted by molar-refractivity contribution is 0.613. The molecule has 4 nitrogen and oxygen atoms in total. The Kier molecular flexibility index (Phi) is 2.44. The van der Waals surface area contributed by atoms with Crippen LogP contribution in [-0.2, 0) is 6.54 Å². The summed E-state index contributed by atoms with van der Waals surface area (Å²) in [7, 11) is 0. The molecule has 0 bridgehead atoms. The van der Waals surface area contributed by atoms with Crippen LogP contribution in [0.2, 0.25) is 0 Å². The van der Waals surface area contributed by atoms with Gasteiger partial charge in [-0.2, -0.15) is 5.10 Å². The minimum Gasteiger partial charge on any atom is -0.399 e. The molecule has 0 saturated carbocycles. The molecule has 0 spiro atoms. The number of rotatable bonds is 2. The number of pyridine rings is 1. The molecule has 1 aromatic carbocycles. The quantitative estimate of drug-likeness (QED) is 0.701. The van der Waals surface area contributed by atoms with Gasteiger partial charge in [0.1, 0.15) is 5.82 Å². The molecule has 0 aliphatic heterocycles. The summed E-state index contributed by atoms with van der Waals surface area (Å²) in [6.45, 7) is 0.470. The van der Waals surface area contributed by atoms with Crippen LogP contribution in [0.4, 0.5) is 10.1 Å². The molecule has 2 heterocycles. The van der Waals surface area contributed by atoms with E-state index in [0.717, 1.165) is 16.5 Å². The molecule has 5 heteroatoms. The van der Waals surface area contributed by atoms with E-state index in [1.54, 1.807) is 17.1 Å². The van der Waals surface area contributed by atoms with Crippen LogP contribution in [0.3, 0.4) is 0 Å². The fourth-order valence-electron chi connectivity index (χ4n) is 1.93. The molecule has 0 atom stereocenters. The van der Waals surface area contributed by atoms with Crippen LogP contribution in [0, 0.1) is 5.82 Å². The van der Waals surface area contributed by atoms with Crippen molar-refractivity contribution < 1.29 is 4.39 Å². The predicted molar refractivity (Wildman–Crippen MR) is 67.4 cm³/mol. The van der Waals surface area contributed by atoms with E-state index >= 15 is 0 Å². The van der Waals surface area contributed by atoms with Crippen molar-refractivity contribution in [2.24, 2.45) is 0 Å². The number of aromatic nitrogens is 3. The predicted octanol–water partition coefficient (Wildman–Crippen LogP) is 2.20. The van der Waals surface area contributed by atoms with Crippen molar-refractivity contribution in [2.45, 2.75) is 6.54 Å². The van der Waals surface area contributed by atoms with E-state index in [0.29, 0.717) is 12.2 Å².